The molecular formula is C13H16BrN3O2. The molecule has 6 heteroatoms. The van der Waals surface area contributed by atoms with E-state index in [1.807, 2.05) is 14.0 Å². The minimum atomic E-state index is 0.384. The first-order valence-corrected chi connectivity index (χ1v) is 6.56. The molecule has 102 valence electrons. The highest BCUT2D eigenvalue weighted by atomic mass is 79.9. The van der Waals surface area contributed by atoms with Crippen molar-refractivity contribution in [3.63, 3.8) is 0 Å². The average Bonchev–Trinajstić information content (AvgIpc) is 2.63. The third-order valence-electron chi connectivity index (χ3n) is 2.85. The summed E-state index contributed by atoms with van der Waals surface area (Å²) in [6, 6.07) is 5.33. The van der Waals surface area contributed by atoms with Gasteiger partial charge in [-0.15, -0.1) is 0 Å². The Morgan fingerprint density at radius 3 is 2.74 bits per heavy atom. The van der Waals surface area contributed by atoms with Crippen LogP contribution >= 0.6 is 15.9 Å². The van der Waals surface area contributed by atoms with Crippen molar-refractivity contribution >= 4 is 21.6 Å². The van der Waals surface area contributed by atoms with Crippen LogP contribution in [0, 0.1) is 6.92 Å². The van der Waals surface area contributed by atoms with E-state index in [2.05, 4.69) is 21.0 Å². The van der Waals surface area contributed by atoms with Crippen molar-refractivity contribution in [3.05, 3.63) is 34.1 Å². The zero-order valence-corrected chi connectivity index (χ0v) is 12.7. The normalized spacial score (nSPS) is 10.5. The largest absolute Gasteiger partial charge is 0.497 e. The van der Waals surface area contributed by atoms with Crippen LogP contribution in [0.2, 0.25) is 0 Å². The number of aromatic nitrogens is 2. The molecule has 19 heavy (non-hydrogen) atoms. The highest BCUT2D eigenvalue weighted by Crippen LogP contribution is 2.28. The highest BCUT2D eigenvalue weighted by molar-refractivity contribution is 9.10. The van der Waals surface area contributed by atoms with Crippen molar-refractivity contribution in [2.24, 2.45) is 7.05 Å². The summed E-state index contributed by atoms with van der Waals surface area (Å²) in [5.74, 6) is 1.31. The van der Waals surface area contributed by atoms with Gasteiger partial charge in [0.2, 0.25) is 0 Å². The molecule has 0 saturated heterocycles. The lowest BCUT2D eigenvalue weighted by Gasteiger charge is -2.11. The van der Waals surface area contributed by atoms with Gasteiger partial charge < -0.3 is 15.2 Å². The number of methoxy groups -OCH3 is 1. The smallest absolute Gasteiger partial charge is 0.146 e. The SMILES string of the molecule is COc1ccc(N)c(OCc2c(Br)c(C)nn2C)c1. The number of nitrogens with two attached hydrogens (primary N) is 1. The maximum Gasteiger partial charge on any atom is 0.146 e. The molecule has 0 aliphatic rings. The first-order valence-electron chi connectivity index (χ1n) is 5.77. The fourth-order valence-electron chi connectivity index (χ4n) is 1.75. The highest BCUT2D eigenvalue weighted by Gasteiger charge is 2.12. The Morgan fingerprint density at radius 1 is 1.42 bits per heavy atom. The van der Waals surface area contributed by atoms with Gasteiger partial charge >= 0.3 is 0 Å². The maximum absolute atomic E-state index is 5.87. The molecular weight excluding hydrogens is 310 g/mol. The molecule has 0 unspecified atom stereocenters. The van der Waals surface area contributed by atoms with Crippen molar-refractivity contribution in [2.45, 2.75) is 13.5 Å². The van der Waals surface area contributed by atoms with Crippen molar-refractivity contribution in [1.29, 1.82) is 0 Å². The first-order chi connectivity index (χ1) is 9.02. The molecule has 0 bridgehead atoms. The van der Waals surface area contributed by atoms with E-state index in [4.69, 9.17) is 15.2 Å². The van der Waals surface area contributed by atoms with Crippen LogP contribution in [-0.4, -0.2) is 16.9 Å². The molecule has 1 heterocycles. The molecule has 0 amide bonds. The predicted octanol–water partition coefficient (Wildman–Crippen LogP) is 2.66. The molecule has 0 radical (unpaired) electrons. The Kier molecular flexibility index (Phi) is 3.99. The van der Waals surface area contributed by atoms with Gasteiger partial charge in [-0.1, -0.05) is 0 Å². The van der Waals surface area contributed by atoms with E-state index in [0.717, 1.165) is 15.9 Å². The van der Waals surface area contributed by atoms with Crippen LogP contribution in [0.3, 0.4) is 0 Å². The number of nitrogen functional groups attached to an aromatic ring is 1. The molecule has 0 saturated carbocycles. The molecule has 2 aromatic rings. The van der Waals surface area contributed by atoms with Crippen LogP contribution in [0.1, 0.15) is 11.4 Å². The van der Waals surface area contributed by atoms with Crippen LogP contribution in [0.5, 0.6) is 11.5 Å². The van der Waals surface area contributed by atoms with E-state index in [1.165, 1.54) is 0 Å². The molecule has 5 nitrogen and oxygen atoms in total. The summed E-state index contributed by atoms with van der Waals surface area (Å²) in [6.45, 7) is 2.32. The molecule has 1 aromatic heterocycles. The maximum atomic E-state index is 5.87. The van der Waals surface area contributed by atoms with Gasteiger partial charge in [0.15, 0.2) is 0 Å². The summed E-state index contributed by atoms with van der Waals surface area (Å²) in [5, 5.41) is 4.31. The van der Waals surface area contributed by atoms with Gasteiger partial charge in [0, 0.05) is 13.1 Å². The van der Waals surface area contributed by atoms with E-state index in [0.29, 0.717) is 23.8 Å². The van der Waals surface area contributed by atoms with E-state index in [-0.39, 0.29) is 0 Å². The molecule has 0 aliphatic heterocycles. The van der Waals surface area contributed by atoms with E-state index in [1.54, 1.807) is 30.0 Å². The minimum absolute atomic E-state index is 0.384. The quantitative estimate of drug-likeness (QED) is 0.878. The second kappa shape index (κ2) is 5.52. The summed E-state index contributed by atoms with van der Waals surface area (Å²) in [6.07, 6.45) is 0. The van der Waals surface area contributed by atoms with Gasteiger partial charge in [0.05, 0.1) is 28.7 Å². The lowest BCUT2D eigenvalue weighted by molar-refractivity contribution is 0.293. The number of benzene rings is 1. The Labute approximate surface area is 120 Å². The molecule has 0 spiro atoms. The first kappa shape index (κ1) is 13.7. The monoisotopic (exact) mass is 325 g/mol. The topological polar surface area (TPSA) is 62.3 Å². The van der Waals surface area contributed by atoms with E-state index >= 15 is 0 Å². The summed E-state index contributed by atoms with van der Waals surface area (Å²) < 4.78 is 13.6. The molecule has 2 rings (SSSR count). The standard InChI is InChI=1S/C13H16BrN3O2/c1-8-13(14)11(17(2)16-8)7-19-12-6-9(18-3)4-5-10(12)15/h4-6H,7,15H2,1-3H3. The van der Waals surface area contributed by atoms with Gasteiger partial charge in [-0.3, -0.25) is 4.68 Å². The van der Waals surface area contributed by atoms with Gasteiger partial charge in [-0.2, -0.15) is 5.10 Å². The van der Waals surface area contributed by atoms with E-state index in [9.17, 15) is 0 Å². The minimum Gasteiger partial charge on any atom is -0.497 e. The lowest BCUT2D eigenvalue weighted by atomic mass is 10.3. The molecule has 0 aliphatic carbocycles. The van der Waals surface area contributed by atoms with Crippen molar-refractivity contribution < 1.29 is 9.47 Å². The van der Waals surface area contributed by atoms with E-state index < -0.39 is 0 Å². The molecule has 0 atom stereocenters. The van der Waals surface area contributed by atoms with Crippen LogP contribution in [0.15, 0.2) is 22.7 Å². The van der Waals surface area contributed by atoms with Crippen LogP contribution in [0.4, 0.5) is 5.69 Å². The van der Waals surface area contributed by atoms with Gasteiger partial charge in [-0.05, 0) is 35.0 Å². The third-order valence-corrected chi connectivity index (χ3v) is 3.88. The predicted molar refractivity (Wildman–Crippen MR) is 77.4 cm³/mol. The molecule has 2 N–H and O–H groups in total. The Morgan fingerprint density at radius 2 is 2.16 bits per heavy atom. The third kappa shape index (κ3) is 2.84. The van der Waals surface area contributed by atoms with Crippen molar-refractivity contribution in [3.8, 4) is 11.5 Å². The van der Waals surface area contributed by atoms with Crippen LogP contribution < -0.4 is 15.2 Å². The summed E-state index contributed by atoms with van der Waals surface area (Å²) in [5.41, 5.74) is 8.34. The Balaban J connectivity index is 2.18. The molecule has 0 fully saturated rings. The van der Waals surface area contributed by atoms with Crippen molar-refractivity contribution in [1.82, 2.24) is 9.78 Å². The van der Waals surface area contributed by atoms with Crippen LogP contribution in [0.25, 0.3) is 0 Å². The second-order valence-electron chi connectivity index (χ2n) is 4.16. The summed E-state index contributed by atoms with van der Waals surface area (Å²) in [7, 11) is 3.49. The van der Waals surface area contributed by atoms with Gasteiger partial charge in [0.1, 0.15) is 18.1 Å². The zero-order chi connectivity index (χ0) is 14.0. The Bertz CT molecular complexity index is 596. The number of halogens is 1. The lowest BCUT2D eigenvalue weighted by Crippen LogP contribution is -2.05. The number of hydrogen-bond acceptors (Lipinski definition) is 4. The van der Waals surface area contributed by atoms with Crippen molar-refractivity contribution in [2.75, 3.05) is 12.8 Å². The number of rotatable bonds is 4. The number of aryl methyl sites for hydroxylation is 2. The number of anilines is 1. The number of nitrogens with zero attached hydrogens (tertiary/aromatic N) is 2. The Hall–Kier alpha value is -1.69. The fraction of sp³-hybridized carbons (Fsp3) is 0.308. The van der Waals surface area contributed by atoms with Gasteiger partial charge in [-0.25, -0.2) is 0 Å². The number of ether oxygens (including phenoxy) is 2. The second-order valence-corrected chi connectivity index (χ2v) is 4.96. The summed E-state index contributed by atoms with van der Waals surface area (Å²) >= 11 is 3.50. The fourth-order valence-corrected chi connectivity index (χ4v) is 2.20. The molecule has 1 aromatic carbocycles. The van der Waals surface area contributed by atoms with Crippen LogP contribution in [-0.2, 0) is 13.7 Å². The number of hydrogen-bond donors (Lipinski definition) is 1. The average molecular weight is 326 g/mol. The van der Waals surface area contributed by atoms with Gasteiger partial charge in [0.25, 0.3) is 0 Å². The zero-order valence-electron chi connectivity index (χ0n) is 11.1. The summed E-state index contributed by atoms with van der Waals surface area (Å²) in [4.78, 5) is 0.